The molecule has 0 radical (unpaired) electrons. The highest BCUT2D eigenvalue weighted by Crippen LogP contribution is 2.30. The van der Waals surface area contributed by atoms with E-state index in [1.54, 1.807) is 0 Å². The molecule has 0 fully saturated rings. The molecule has 0 aliphatic rings. The average Bonchev–Trinajstić information content (AvgIpc) is 2.36. The molecule has 0 aliphatic heterocycles. The molecule has 19 heavy (non-hydrogen) atoms. The molecular formula is C16H17BrClN. The third-order valence-corrected chi connectivity index (χ3v) is 4.23. The predicted octanol–water partition coefficient (Wildman–Crippen LogP) is 5.03. The van der Waals surface area contributed by atoms with Crippen LogP contribution in [0.3, 0.4) is 0 Å². The summed E-state index contributed by atoms with van der Waals surface area (Å²) in [7, 11) is 1.98. The molecular weight excluding hydrogens is 322 g/mol. The van der Waals surface area contributed by atoms with Gasteiger partial charge in [-0.2, -0.15) is 0 Å². The van der Waals surface area contributed by atoms with E-state index in [0.717, 1.165) is 15.1 Å². The molecule has 0 aromatic heterocycles. The van der Waals surface area contributed by atoms with Crippen molar-refractivity contribution in [1.29, 1.82) is 0 Å². The predicted molar refractivity (Wildman–Crippen MR) is 86.0 cm³/mol. The Kier molecular flexibility index (Phi) is 4.67. The van der Waals surface area contributed by atoms with Crippen LogP contribution in [-0.4, -0.2) is 7.05 Å². The molecule has 1 unspecified atom stereocenters. The second-order valence-electron chi connectivity index (χ2n) is 4.73. The largest absolute Gasteiger partial charge is 0.309 e. The van der Waals surface area contributed by atoms with Crippen LogP contribution in [0.4, 0.5) is 0 Å². The summed E-state index contributed by atoms with van der Waals surface area (Å²) < 4.78 is 1.09. The number of aryl methyl sites for hydroxylation is 2. The van der Waals surface area contributed by atoms with Gasteiger partial charge in [-0.15, -0.1) is 0 Å². The van der Waals surface area contributed by atoms with Gasteiger partial charge in [-0.05, 0) is 61.3 Å². The summed E-state index contributed by atoms with van der Waals surface area (Å²) in [5.41, 5.74) is 4.82. The minimum absolute atomic E-state index is 0.175. The van der Waals surface area contributed by atoms with E-state index in [9.17, 15) is 0 Å². The molecule has 0 bridgehead atoms. The number of rotatable bonds is 3. The second-order valence-corrected chi connectivity index (χ2v) is 6.06. The minimum atomic E-state index is 0.175. The molecule has 1 nitrogen and oxygen atoms in total. The Labute approximate surface area is 128 Å². The molecule has 2 rings (SSSR count). The molecule has 2 aromatic carbocycles. The van der Waals surface area contributed by atoms with Gasteiger partial charge in [-0.3, -0.25) is 0 Å². The fraction of sp³-hybridized carbons (Fsp3) is 0.250. The number of hydrogen-bond donors (Lipinski definition) is 1. The van der Waals surface area contributed by atoms with Crippen molar-refractivity contribution >= 4 is 27.5 Å². The maximum atomic E-state index is 6.18. The third-order valence-electron chi connectivity index (χ3n) is 3.33. The Hall–Kier alpha value is -0.830. The Morgan fingerprint density at radius 3 is 2.47 bits per heavy atom. The SMILES string of the molecule is CNC(c1cccc(Br)c1)c1cc(C)c(Cl)cc1C. The Morgan fingerprint density at radius 1 is 1.11 bits per heavy atom. The number of halogens is 2. The summed E-state index contributed by atoms with van der Waals surface area (Å²) in [4.78, 5) is 0. The van der Waals surface area contributed by atoms with Crippen molar-refractivity contribution in [2.24, 2.45) is 0 Å². The second kappa shape index (κ2) is 6.08. The number of benzene rings is 2. The highest BCUT2D eigenvalue weighted by Gasteiger charge is 2.15. The van der Waals surface area contributed by atoms with E-state index in [1.165, 1.54) is 16.7 Å². The number of nitrogens with one attached hydrogen (secondary N) is 1. The van der Waals surface area contributed by atoms with Crippen molar-refractivity contribution in [3.8, 4) is 0 Å². The summed E-state index contributed by atoms with van der Waals surface area (Å²) in [6.45, 7) is 4.14. The van der Waals surface area contributed by atoms with Gasteiger partial charge in [0, 0.05) is 9.50 Å². The van der Waals surface area contributed by atoms with Crippen molar-refractivity contribution in [3.05, 3.63) is 68.1 Å². The average molecular weight is 339 g/mol. The zero-order valence-corrected chi connectivity index (χ0v) is 13.6. The van der Waals surface area contributed by atoms with Crippen LogP contribution in [-0.2, 0) is 0 Å². The van der Waals surface area contributed by atoms with Crippen molar-refractivity contribution < 1.29 is 0 Å². The van der Waals surface area contributed by atoms with Crippen molar-refractivity contribution in [2.75, 3.05) is 7.05 Å². The zero-order valence-electron chi connectivity index (χ0n) is 11.3. The highest BCUT2D eigenvalue weighted by atomic mass is 79.9. The van der Waals surface area contributed by atoms with E-state index in [4.69, 9.17) is 11.6 Å². The highest BCUT2D eigenvalue weighted by molar-refractivity contribution is 9.10. The molecule has 1 N–H and O–H groups in total. The lowest BCUT2D eigenvalue weighted by Gasteiger charge is -2.21. The first kappa shape index (κ1) is 14.6. The lowest BCUT2D eigenvalue weighted by molar-refractivity contribution is 0.686. The van der Waals surface area contributed by atoms with E-state index in [1.807, 2.05) is 26.1 Å². The van der Waals surface area contributed by atoms with Gasteiger partial charge in [0.05, 0.1) is 6.04 Å². The lowest BCUT2D eigenvalue weighted by Crippen LogP contribution is -2.18. The van der Waals surface area contributed by atoms with Gasteiger partial charge in [0.15, 0.2) is 0 Å². The lowest BCUT2D eigenvalue weighted by atomic mass is 9.93. The molecule has 0 heterocycles. The summed E-state index contributed by atoms with van der Waals surface area (Å²) in [6, 6.07) is 12.8. The molecule has 0 amide bonds. The Balaban J connectivity index is 2.51. The van der Waals surface area contributed by atoms with Crippen molar-refractivity contribution in [3.63, 3.8) is 0 Å². The first-order chi connectivity index (χ1) is 9.02. The van der Waals surface area contributed by atoms with E-state index in [-0.39, 0.29) is 6.04 Å². The Morgan fingerprint density at radius 2 is 1.84 bits per heavy atom. The topological polar surface area (TPSA) is 12.0 Å². The quantitative estimate of drug-likeness (QED) is 0.828. The summed E-state index contributed by atoms with van der Waals surface area (Å²) in [5, 5.41) is 4.21. The smallest absolute Gasteiger partial charge is 0.0577 e. The minimum Gasteiger partial charge on any atom is -0.309 e. The van der Waals surface area contributed by atoms with Gasteiger partial charge in [0.1, 0.15) is 0 Å². The molecule has 1 atom stereocenters. The monoisotopic (exact) mass is 337 g/mol. The van der Waals surface area contributed by atoms with Crippen molar-refractivity contribution in [2.45, 2.75) is 19.9 Å². The van der Waals surface area contributed by atoms with E-state index >= 15 is 0 Å². The first-order valence-corrected chi connectivity index (χ1v) is 7.39. The molecule has 0 spiro atoms. The van der Waals surface area contributed by atoms with Crippen molar-refractivity contribution in [1.82, 2.24) is 5.32 Å². The summed E-state index contributed by atoms with van der Waals surface area (Å²) in [5.74, 6) is 0. The fourth-order valence-electron chi connectivity index (χ4n) is 2.30. The molecule has 100 valence electrons. The summed E-state index contributed by atoms with van der Waals surface area (Å²) in [6.07, 6.45) is 0. The van der Waals surface area contributed by atoms with Gasteiger partial charge in [-0.25, -0.2) is 0 Å². The van der Waals surface area contributed by atoms with Gasteiger partial charge >= 0.3 is 0 Å². The van der Waals surface area contributed by atoms with Gasteiger partial charge in [-0.1, -0.05) is 45.7 Å². The first-order valence-electron chi connectivity index (χ1n) is 6.22. The molecule has 0 saturated heterocycles. The van der Waals surface area contributed by atoms with Crippen LogP contribution in [0.2, 0.25) is 5.02 Å². The maximum Gasteiger partial charge on any atom is 0.0577 e. The van der Waals surface area contributed by atoms with Gasteiger partial charge in [0.2, 0.25) is 0 Å². The number of hydrogen-bond acceptors (Lipinski definition) is 1. The van der Waals surface area contributed by atoms with Crippen LogP contribution in [0, 0.1) is 13.8 Å². The fourth-order valence-corrected chi connectivity index (χ4v) is 2.94. The Bertz CT molecular complexity index is 595. The van der Waals surface area contributed by atoms with Crippen LogP contribution in [0.5, 0.6) is 0 Å². The normalized spacial score (nSPS) is 12.5. The standard InChI is InChI=1S/C16H17BrClN/c1-10-8-15(18)11(2)7-14(10)16(19-3)12-5-4-6-13(17)9-12/h4-9,16,19H,1-3H3. The van der Waals surface area contributed by atoms with Gasteiger partial charge in [0.25, 0.3) is 0 Å². The zero-order chi connectivity index (χ0) is 14.0. The van der Waals surface area contributed by atoms with Crippen LogP contribution in [0.15, 0.2) is 40.9 Å². The van der Waals surface area contributed by atoms with E-state index < -0.39 is 0 Å². The maximum absolute atomic E-state index is 6.18. The molecule has 2 aromatic rings. The van der Waals surface area contributed by atoms with Gasteiger partial charge < -0.3 is 5.32 Å². The van der Waals surface area contributed by atoms with Crippen LogP contribution in [0.1, 0.15) is 28.3 Å². The molecule has 0 aliphatic carbocycles. The van der Waals surface area contributed by atoms with Crippen LogP contribution < -0.4 is 5.32 Å². The van der Waals surface area contributed by atoms with E-state index in [0.29, 0.717) is 0 Å². The summed E-state index contributed by atoms with van der Waals surface area (Å²) >= 11 is 9.71. The van der Waals surface area contributed by atoms with E-state index in [2.05, 4.69) is 52.4 Å². The van der Waals surface area contributed by atoms with Crippen LogP contribution >= 0.6 is 27.5 Å². The molecule has 0 saturated carbocycles. The van der Waals surface area contributed by atoms with Crippen LogP contribution in [0.25, 0.3) is 0 Å². The third kappa shape index (κ3) is 3.19. The molecule has 3 heteroatoms.